The maximum Gasteiger partial charge on any atom is 0.244 e. The first-order valence-electron chi connectivity index (χ1n) is 11.7. The molecule has 0 amide bonds. The summed E-state index contributed by atoms with van der Waals surface area (Å²) < 4.78 is 26.8. The number of halogens is 2. The van der Waals surface area contributed by atoms with Crippen molar-refractivity contribution in [3.05, 3.63) is 82.6 Å². The lowest BCUT2D eigenvalue weighted by molar-refractivity contribution is -0.118. The van der Waals surface area contributed by atoms with Crippen LogP contribution < -0.4 is 9.80 Å². The van der Waals surface area contributed by atoms with Crippen molar-refractivity contribution in [2.24, 2.45) is 0 Å². The number of sulfonamides is 1. The summed E-state index contributed by atoms with van der Waals surface area (Å²) in [7, 11) is -2.41. The molecule has 1 aromatic heterocycles. The van der Waals surface area contributed by atoms with Crippen LogP contribution in [0, 0.1) is 0 Å². The zero-order valence-electron chi connectivity index (χ0n) is 20.0. The van der Waals surface area contributed by atoms with Crippen molar-refractivity contribution >= 4 is 50.4 Å². The average molecular weight is 548 g/mol. The highest BCUT2D eigenvalue weighted by atomic mass is 35.5. The Balaban J connectivity index is 1.27. The Morgan fingerprint density at radius 1 is 0.917 bits per heavy atom. The van der Waals surface area contributed by atoms with Gasteiger partial charge in [0.15, 0.2) is 0 Å². The molecule has 0 bridgehead atoms. The zero-order chi connectivity index (χ0) is 25.7. The molecule has 0 N–H and O–H groups in total. The SMILES string of the molecule is CN(CCC(=O)Cc1ccc(N2CCN(c3ccncc3)CC2)cc1)S(=O)(=O)c1cccc(Cl)c1Cl. The lowest BCUT2D eigenvalue weighted by atomic mass is 10.1. The van der Waals surface area contributed by atoms with E-state index in [0.29, 0.717) is 0 Å². The number of piperazine rings is 1. The number of nitrogens with zero attached hydrogens (tertiary/aromatic N) is 4. The Morgan fingerprint density at radius 2 is 1.50 bits per heavy atom. The van der Waals surface area contributed by atoms with E-state index in [-0.39, 0.29) is 40.1 Å². The van der Waals surface area contributed by atoms with Gasteiger partial charge < -0.3 is 9.80 Å². The van der Waals surface area contributed by atoms with Crippen molar-refractivity contribution in [3.63, 3.8) is 0 Å². The lowest BCUT2D eigenvalue weighted by Crippen LogP contribution is -2.46. The van der Waals surface area contributed by atoms with Gasteiger partial charge in [-0.2, -0.15) is 0 Å². The van der Waals surface area contributed by atoms with Gasteiger partial charge in [0.2, 0.25) is 10.0 Å². The number of carbonyl (C=O) groups excluding carboxylic acids is 1. The quantitative estimate of drug-likeness (QED) is 0.392. The molecule has 1 aliphatic rings. The van der Waals surface area contributed by atoms with Gasteiger partial charge in [-0.05, 0) is 42.0 Å². The number of hydrogen-bond acceptors (Lipinski definition) is 6. The molecule has 0 spiro atoms. The fourth-order valence-electron chi connectivity index (χ4n) is 4.17. The van der Waals surface area contributed by atoms with Crippen LogP contribution in [0.15, 0.2) is 71.9 Å². The standard InChI is InChI=1S/C26H28Cl2N4O3S/c1-30(36(34,35)25-4-2-3-24(27)26(25)28)14-11-23(33)19-20-5-7-21(8-6-20)31-15-17-32(18-16-31)22-9-12-29-13-10-22/h2-10,12-13H,11,14-19H2,1H3. The highest BCUT2D eigenvalue weighted by Crippen LogP contribution is 2.30. The lowest BCUT2D eigenvalue weighted by Gasteiger charge is -2.37. The number of anilines is 2. The number of pyridine rings is 1. The van der Waals surface area contributed by atoms with Crippen LogP contribution in [0.1, 0.15) is 12.0 Å². The van der Waals surface area contributed by atoms with Crippen molar-refractivity contribution in [1.82, 2.24) is 9.29 Å². The molecule has 1 saturated heterocycles. The van der Waals surface area contributed by atoms with Crippen molar-refractivity contribution in [2.75, 3.05) is 49.6 Å². The molecule has 190 valence electrons. The number of benzene rings is 2. The van der Waals surface area contributed by atoms with E-state index in [9.17, 15) is 13.2 Å². The normalized spacial score (nSPS) is 14.3. The van der Waals surface area contributed by atoms with Crippen molar-refractivity contribution in [3.8, 4) is 0 Å². The summed E-state index contributed by atoms with van der Waals surface area (Å²) in [4.78, 5) is 21.3. The van der Waals surface area contributed by atoms with Crippen LogP contribution >= 0.6 is 23.2 Å². The monoisotopic (exact) mass is 546 g/mol. The fraction of sp³-hybridized carbons (Fsp3) is 0.308. The molecule has 1 aliphatic heterocycles. The molecule has 2 heterocycles. The van der Waals surface area contributed by atoms with Crippen LogP contribution in [0.2, 0.25) is 10.0 Å². The number of rotatable bonds is 9. The zero-order valence-corrected chi connectivity index (χ0v) is 22.3. The number of Topliss-reactive ketones (excluding diaryl/α,β-unsaturated/α-hetero) is 1. The van der Waals surface area contributed by atoms with E-state index >= 15 is 0 Å². The molecule has 0 aliphatic carbocycles. The van der Waals surface area contributed by atoms with Crippen LogP contribution in [0.4, 0.5) is 11.4 Å². The van der Waals surface area contributed by atoms with Crippen LogP contribution in [-0.4, -0.2) is 63.3 Å². The fourth-order valence-corrected chi connectivity index (χ4v) is 6.08. The summed E-state index contributed by atoms with van der Waals surface area (Å²) in [6, 6.07) is 16.5. The van der Waals surface area contributed by atoms with Gasteiger partial charge in [0.05, 0.1) is 10.0 Å². The Morgan fingerprint density at radius 3 is 2.11 bits per heavy atom. The van der Waals surface area contributed by atoms with Gasteiger partial charge in [-0.3, -0.25) is 9.78 Å². The first-order chi connectivity index (χ1) is 17.3. The second kappa shape index (κ2) is 11.6. The van der Waals surface area contributed by atoms with Crippen LogP contribution in [0.3, 0.4) is 0 Å². The number of hydrogen-bond donors (Lipinski definition) is 0. The van der Waals surface area contributed by atoms with Gasteiger partial charge in [0.1, 0.15) is 10.7 Å². The van der Waals surface area contributed by atoms with E-state index in [0.717, 1.165) is 41.7 Å². The Bertz CT molecular complexity index is 1300. The number of ketones is 1. The summed E-state index contributed by atoms with van der Waals surface area (Å²) in [6.07, 6.45) is 3.98. The number of aromatic nitrogens is 1. The summed E-state index contributed by atoms with van der Waals surface area (Å²) >= 11 is 12.0. The summed E-state index contributed by atoms with van der Waals surface area (Å²) in [5, 5.41) is 0.150. The maximum atomic E-state index is 12.8. The van der Waals surface area contributed by atoms with E-state index < -0.39 is 10.0 Å². The van der Waals surface area contributed by atoms with Crippen LogP contribution in [0.25, 0.3) is 0 Å². The highest BCUT2D eigenvalue weighted by molar-refractivity contribution is 7.89. The predicted octanol–water partition coefficient (Wildman–Crippen LogP) is 4.54. The van der Waals surface area contributed by atoms with E-state index in [1.54, 1.807) is 0 Å². The maximum absolute atomic E-state index is 12.8. The third-order valence-electron chi connectivity index (χ3n) is 6.32. The highest BCUT2D eigenvalue weighted by Gasteiger charge is 2.25. The third-order valence-corrected chi connectivity index (χ3v) is 9.15. The molecule has 0 radical (unpaired) electrons. The molecule has 7 nitrogen and oxygen atoms in total. The molecule has 1 fully saturated rings. The molecule has 0 atom stereocenters. The Kier molecular flexibility index (Phi) is 8.51. The largest absolute Gasteiger partial charge is 0.368 e. The summed E-state index contributed by atoms with van der Waals surface area (Å²) in [5.41, 5.74) is 3.22. The summed E-state index contributed by atoms with van der Waals surface area (Å²) in [6.45, 7) is 3.75. The molecule has 10 heteroatoms. The molecule has 0 unspecified atom stereocenters. The molecule has 2 aromatic carbocycles. The van der Waals surface area contributed by atoms with Gasteiger partial charge >= 0.3 is 0 Å². The smallest absolute Gasteiger partial charge is 0.244 e. The molecule has 4 rings (SSSR count). The minimum atomic E-state index is -3.85. The van der Waals surface area contributed by atoms with Crippen molar-refractivity contribution in [1.29, 1.82) is 0 Å². The van der Waals surface area contributed by atoms with Crippen molar-refractivity contribution < 1.29 is 13.2 Å². The van der Waals surface area contributed by atoms with Gasteiger partial charge in [-0.15, -0.1) is 0 Å². The third kappa shape index (κ3) is 6.18. The first kappa shape index (κ1) is 26.4. The Hall–Kier alpha value is -2.65. The molecular formula is C26H28Cl2N4O3S. The van der Waals surface area contributed by atoms with E-state index in [1.165, 1.54) is 30.9 Å². The topological polar surface area (TPSA) is 73.8 Å². The van der Waals surface area contributed by atoms with Gasteiger partial charge in [0, 0.05) is 76.4 Å². The van der Waals surface area contributed by atoms with E-state index in [2.05, 4.69) is 14.8 Å². The molecule has 36 heavy (non-hydrogen) atoms. The minimum absolute atomic E-state index is 0.0174. The van der Waals surface area contributed by atoms with Gasteiger partial charge in [0.25, 0.3) is 0 Å². The Labute approximate surface area is 222 Å². The second-order valence-electron chi connectivity index (χ2n) is 8.69. The number of carbonyl (C=O) groups is 1. The van der Waals surface area contributed by atoms with Gasteiger partial charge in [-0.1, -0.05) is 41.4 Å². The van der Waals surface area contributed by atoms with E-state index in [1.807, 2.05) is 48.8 Å². The summed E-state index contributed by atoms with van der Waals surface area (Å²) in [5.74, 6) is -0.0343. The van der Waals surface area contributed by atoms with Crippen LogP contribution in [-0.2, 0) is 21.2 Å². The molecular weight excluding hydrogens is 519 g/mol. The molecule has 0 saturated carbocycles. The first-order valence-corrected chi connectivity index (χ1v) is 13.9. The van der Waals surface area contributed by atoms with E-state index in [4.69, 9.17) is 23.2 Å². The minimum Gasteiger partial charge on any atom is -0.368 e. The molecule has 3 aromatic rings. The average Bonchev–Trinajstić information content (AvgIpc) is 2.90. The van der Waals surface area contributed by atoms with Gasteiger partial charge in [-0.25, -0.2) is 12.7 Å². The predicted molar refractivity (Wildman–Crippen MR) is 145 cm³/mol. The van der Waals surface area contributed by atoms with Crippen LogP contribution in [0.5, 0.6) is 0 Å². The van der Waals surface area contributed by atoms with Crippen molar-refractivity contribution in [2.45, 2.75) is 17.7 Å². The second-order valence-corrected chi connectivity index (χ2v) is 11.5.